The Kier molecular flexibility index (Phi) is 4.54. The van der Waals surface area contributed by atoms with Crippen molar-refractivity contribution in [1.29, 1.82) is 0 Å². The van der Waals surface area contributed by atoms with Crippen LogP contribution in [0, 0.1) is 6.92 Å². The van der Waals surface area contributed by atoms with Crippen LogP contribution >= 0.6 is 15.9 Å². The van der Waals surface area contributed by atoms with Gasteiger partial charge in [0.1, 0.15) is 5.82 Å². The third-order valence-corrected chi connectivity index (χ3v) is 6.02. The van der Waals surface area contributed by atoms with Crippen LogP contribution < -0.4 is 10.6 Å². The summed E-state index contributed by atoms with van der Waals surface area (Å²) in [5.41, 5.74) is 1.71. The molecule has 1 aliphatic heterocycles. The lowest BCUT2D eigenvalue weighted by Crippen LogP contribution is -2.22. The van der Waals surface area contributed by atoms with E-state index in [1.54, 1.807) is 0 Å². The average Bonchev–Trinajstić information content (AvgIpc) is 2.80. The Balaban J connectivity index is 1.78. The van der Waals surface area contributed by atoms with Gasteiger partial charge in [0.25, 0.3) is 0 Å². The number of rotatable bonds is 4. The van der Waals surface area contributed by atoms with Gasteiger partial charge in [0.05, 0.1) is 17.2 Å². The average molecular weight is 397 g/mol. The fourth-order valence-corrected chi connectivity index (χ4v) is 4.55. The first kappa shape index (κ1) is 16.2. The van der Waals surface area contributed by atoms with Gasteiger partial charge in [-0.05, 0) is 41.4 Å². The molecule has 0 spiro atoms. The molecule has 1 aromatic heterocycles. The fourth-order valence-electron chi connectivity index (χ4n) is 2.49. The van der Waals surface area contributed by atoms with Crippen LogP contribution in [-0.2, 0) is 9.84 Å². The summed E-state index contributed by atoms with van der Waals surface area (Å²) in [6.45, 7) is 1.88. The minimum Gasteiger partial charge on any atom is -0.350 e. The number of nitrogens with one attached hydrogen (secondary N) is 2. The van der Waals surface area contributed by atoms with Crippen molar-refractivity contribution in [2.45, 2.75) is 19.4 Å². The van der Waals surface area contributed by atoms with E-state index in [1.165, 1.54) is 0 Å². The van der Waals surface area contributed by atoms with Gasteiger partial charge in [0, 0.05) is 22.3 Å². The second kappa shape index (κ2) is 6.45. The molecule has 122 valence electrons. The minimum absolute atomic E-state index is 0.127. The number of benzene rings is 1. The molecule has 2 N–H and O–H groups in total. The topological polar surface area (TPSA) is 84.0 Å². The van der Waals surface area contributed by atoms with Gasteiger partial charge in [-0.3, -0.25) is 0 Å². The molecule has 1 atom stereocenters. The standard InChI is InChI=1S/C15H17BrN4O2S/c1-10-8-14(19-13-5-3-2-4-12(13)16)20-15(17-10)18-11-6-7-23(21,22)9-11/h2-5,8,11H,6-7,9H2,1H3,(H2,17,18,19,20). The summed E-state index contributed by atoms with van der Waals surface area (Å²) in [5, 5.41) is 6.36. The van der Waals surface area contributed by atoms with Crippen LogP contribution in [0.4, 0.5) is 17.5 Å². The molecule has 2 aromatic rings. The first-order chi connectivity index (χ1) is 10.9. The van der Waals surface area contributed by atoms with Crippen LogP contribution in [0.25, 0.3) is 0 Å². The van der Waals surface area contributed by atoms with E-state index in [-0.39, 0.29) is 17.5 Å². The third kappa shape index (κ3) is 4.20. The maximum atomic E-state index is 11.5. The van der Waals surface area contributed by atoms with Crippen molar-refractivity contribution < 1.29 is 8.42 Å². The Hall–Kier alpha value is -1.67. The Morgan fingerprint density at radius 3 is 2.74 bits per heavy atom. The Morgan fingerprint density at radius 2 is 2.04 bits per heavy atom. The van der Waals surface area contributed by atoms with Crippen molar-refractivity contribution >= 4 is 43.2 Å². The second-order valence-corrected chi connectivity index (χ2v) is 8.65. The van der Waals surface area contributed by atoms with Crippen LogP contribution in [0.1, 0.15) is 12.1 Å². The van der Waals surface area contributed by atoms with Crippen LogP contribution in [0.15, 0.2) is 34.8 Å². The molecule has 0 saturated carbocycles. The quantitative estimate of drug-likeness (QED) is 0.826. The molecule has 0 aliphatic carbocycles. The summed E-state index contributed by atoms with van der Waals surface area (Å²) in [6, 6.07) is 9.48. The maximum absolute atomic E-state index is 11.5. The van der Waals surface area contributed by atoms with Crippen LogP contribution in [0.2, 0.25) is 0 Å². The largest absolute Gasteiger partial charge is 0.350 e. The molecular weight excluding hydrogens is 380 g/mol. The molecule has 1 saturated heterocycles. The number of halogens is 1. The van der Waals surface area contributed by atoms with Crippen molar-refractivity contribution in [3.8, 4) is 0 Å². The lowest BCUT2D eigenvalue weighted by molar-refractivity contribution is 0.602. The molecule has 3 rings (SSSR count). The maximum Gasteiger partial charge on any atom is 0.225 e. The summed E-state index contributed by atoms with van der Waals surface area (Å²) >= 11 is 3.49. The van der Waals surface area contributed by atoms with Crippen molar-refractivity contribution in [2.75, 3.05) is 22.1 Å². The van der Waals surface area contributed by atoms with Gasteiger partial charge in [-0.15, -0.1) is 0 Å². The van der Waals surface area contributed by atoms with E-state index in [2.05, 4.69) is 36.5 Å². The highest BCUT2D eigenvalue weighted by atomic mass is 79.9. The number of hydrogen-bond acceptors (Lipinski definition) is 6. The van der Waals surface area contributed by atoms with E-state index in [4.69, 9.17) is 0 Å². The zero-order valence-corrected chi connectivity index (χ0v) is 15.0. The highest BCUT2D eigenvalue weighted by Gasteiger charge is 2.28. The van der Waals surface area contributed by atoms with Crippen molar-refractivity contribution in [3.05, 3.63) is 40.5 Å². The van der Waals surface area contributed by atoms with Gasteiger partial charge in [0.2, 0.25) is 5.95 Å². The molecule has 1 fully saturated rings. The van der Waals surface area contributed by atoms with Gasteiger partial charge in [-0.25, -0.2) is 13.4 Å². The lowest BCUT2D eigenvalue weighted by Gasteiger charge is -2.13. The molecular formula is C15H17BrN4O2S. The van der Waals surface area contributed by atoms with Gasteiger partial charge in [-0.2, -0.15) is 4.98 Å². The number of sulfone groups is 1. The monoisotopic (exact) mass is 396 g/mol. The number of aryl methyl sites for hydroxylation is 1. The molecule has 6 nitrogen and oxygen atoms in total. The van der Waals surface area contributed by atoms with Crippen molar-refractivity contribution in [2.24, 2.45) is 0 Å². The van der Waals surface area contributed by atoms with Gasteiger partial charge in [-0.1, -0.05) is 12.1 Å². The first-order valence-corrected chi connectivity index (χ1v) is 9.87. The van der Waals surface area contributed by atoms with Crippen molar-refractivity contribution in [3.63, 3.8) is 0 Å². The van der Waals surface area contributed by atoms with E-state index in [9.17, 15) is 8.42 Å². The van der Waals surface area contributed by atoms with Crippen LogP contribution in [0.5, 0.6) is 0 Å². The molecule has 1 aliphatic rings. The highest BCUT2D eigenvalue weighted by Crippen LogP contribution is 2.25. The normalized spacial score (nSPS) is 19.5. The number of nitrogens with zero attached hydrogens (tertiary/aromatic N) is 2. The number of para-hydroxylation sites is 1. The van der Waals surface area contributed by atoms with E-state index in [1.807, 2.05) is 37.3 Å². The van der Waals surface area contributed by atoms with Gasteiger partial charge >= 0.3 is 0 Å². The summed E-state index contributed by atoms with van der Waals surface area (Å²) in [5.74, 6) is 1.46. The van der Waals surface area contributed by atoms with Crippen LogP contribution in [-0.4, -0.2) is 35.9 Å². The Bertz CT molecular complexity index is 826. The molecule has 2 heterocycles. The smallest absolute Gasteiger partial charge is 0.225 e. The molecule has 23 heavy (non-hydrogen) atoms. The predicted octanol–water partition coefficient (Wildman–Crippen LogP) is 2.89. The second-order valence-electron chi connectivity index (χ2n) is 5.57. The Morgan fingerprint density at radius 1 is 1.26 bits per heavy atom. The molecule has 0 bridgehead atoms. The third-order valence-electron chi connectivity index (χ3n) is 3.56. The SMILES string of the molecule is Cc1cc(Nc2ccccc2Br)nc(NC2CCS(=O)(=O)C2)n1. The summed E-state index contributed by atoms with van der Waals surface area (Å²) in [7, 11) is -2.93. The number of aromatic nitrogens is 2. The highest BCUT2D eigenvalue weighted by molar-refractivity contribution is 9.10. The van der Waals surface area contributed by atoms with Crippen LogP contribution in [0.3, 0.4) is 0 Å². The lowest BCUT2D eigenvalue weighted by atomic mass is 10.3. The van der Waals surface area contributed by atoms with E-state index < -0.39 is 9.84 Å². The minimum atomic E-state index is -2.93. The fraction of sp³-hybridized carbons (Fsp3) is 0.333. The summed E-state index contributed by atoms with van der Waals surface area (Å²) < 4.78 is 24.0. The molecule has 1 aromatic carbocycles. The van der Waals surface area contributed by atoms with E-state index in [0.29, 0.717) is 18.2 Å². The van der Waals surface area contributed by atoms with Crippen molar-refractivity contribution in [1.82, 2.24) is 9.97 Å². The Labute approximate surface area is 143 Å². The predicted molar refractivity (Wildman–Crippen MR) is 94.9 cm³/mol. The van der Waals surface area contributed by atoms with Gasteiger partial charge in [0.15, 0.2) is 9.84 Å². The molecule has 8 heteroatoms. The number of anilines is 3. The van der Waals surface area contributed by atoms with E-state index in [0.717, 1.165) is 15.9 Å². The van der Waals surface area contributed by atoms with Gasteiger partial charge < -0.3 is 10.6 Å². The number of hydrogen-bond donors (Lipinski definition) is 2. The first-order valence-electron chi connectivity index (χ1n) is 7.25. The zero-order valence-electron chi connectivity index (χ0n) is 12.6. The summed E-state index contributed by atoms with van der Waals surface area (Å²) in [6.07, 6.45) is 0.590. The molecule has 0 radical (unpaired) electrons. The zero-order chi connectivity index (χ0) is 16.4. The van der Waals surface area contributed by atoms with E-state index >= 15 is 0 Å². The molecule has 1 unspecified atom stereocenters. The molecule has 0 amide bonds. The summed E-state index contributed by atoms with van der Waals surface area (Å²) in [4.78, 5) is 8.77.